The van der Waals surface area contributed by atoms with E-state index >= 15 is 0 Å². The van der Waals surface area contributed by atoms with Crippen molar-refractivity contribution in [3.05, 3.63) is 54.1 Å². The van der Waals surface area contributed by atoms with Crippen molar-refractivity contribution < 1.29 is 4.79 Å². The molecule has 1 fully saturated rings. The van der Waals surface area contributed by atoms with Gasteiger partial charge in [0.15, 0.2) is 0 Å². The van der Waals surface area contributed by atoms with Gasteiger partial charge in [-0.05, 0) is 37.1 Å². The second-order valence-corrected chi connectivity index (χ2v) is 6.91. The Labute approximate surface area is 148 Å². The van der Waals surface area contributed by atoms with Gasteiger partial charge < -0.3 is 9.47 Å². The first kappa shape index (κ1) is 15.9. The number of aromatic nitrogens is 2. The number of fused-ring (bicyclic) bond motifs is 1. The first-order valence-corrected chi connectivity index (χ1v) is 8.94. The maximum Gasteiger partial charge on any atom is 0.253 e. The number of para-hydroxylation sites is 2. The van der Waals surface area contributed by atoms with Crippen LogP contribution in [0.1, 0.15) is 36.0 Å². The molecule has 0 bridgehead atoms. The highest BCUT2D eigenvalue weighted by molar-refractivity contribution is 5.94. The molecule has 1 heterocycles. The lowest BCUT2D eigenvalue weighted by Gasteiger charge is -2.24. The largest absolute Gasteiger partial charge is 0.339 e. The van der Waals surface area contributed by atoms with Crippen molar-refractivity contribution in [3.8, 4) is 11.4 Å². The number of imidazole rings is 1. The van der Waals surface area contributed by atoms with Crippen molar-refractivity contribution in [3.63, 3.8) is 0 Å². The Morgan fingerprint density at radius 1 is 1.08 bits per heavy atom. The third-order valence-electron chi connectivity index (χ3n) is 5.37. The summed E-state index contributed by atoms with van der Waals surface area (Å²) in [6.07, 6.45) is 4.71. The van der Waals surface area contributed by atoms with E-state index in [4.69, 9.17) is 4.98 Å². The van der Waals surface area contributed by atoms with Gasteiger partial charge in [0.25, 0.3) is 5.91 Å². The Hall–Kier alpha value is -2.62. The van der Waals surface area contributed by atoms with E-state index in [0.717, 1.165) is 40.8 Å². The van der Waals surface area contributed by atoms with E-state index in [2.05, 4.69) is 10.6 Å². The van der Waals surface area contributed by atoms with E-state index in [9.17, 15) is 4.79 Å². The van der Waals surface area contributed by atoms with Gasteiger partial charge in [-0.1, -0.05) is 37.1 Å². The topological polar surface area (TPSA) is 38.1 Å². The Morgan fingerprint density at radius 2 is 1.76 bits per heavy atom. The third-order valence-corrected chi connectivity index (χ3v) is 5.37. The highest BCUT2D eigenvalue weighted by atomic mass is 16.2. The van der Waals surface area contributed by atoms with Gasteiger partial charge in [-0.3, -0.25) is 4.79 Å². The maximum absolute atomic E-state index is 12.7. The Balaban J connectivity index is 1.61. The minimum absolute atomic E-state index is 0.114. The van der Waals surface area contributed by atoms with Crippen molar-refractivity contribution in [2.45, 2.75) is 31.7 Å². The molecule has 128 valence electrons. The quantitative estimate of drug-likeness (QED) is 0.718. The normalized spacial score (nSPS) is 15.0. The SMILES string of the molecule is CN(C(=O)c1ccc(-c2nc3ccccc3n2C)cc1)C1CCCC1. The Morgan fingerprint density at radius 3 is 2.44 bits per heavy atom. The summed E-state index contributed by atoms with van der Waals surface area (Å²) in [7, 11) is 3.95. The molecule has 1 saturated carbocycles. The summed E-state index contributed by atoms with van der Waals surface area (Å²) in [4.78, 5) is 19.3. The van der Waals surface area contributed by atoms with E-state index in [1.165, 1.54) is 12.8 Å². The molecule has 0 atom stereocenters. The standard InChI is InChI=1S/C21H23N3O/c1-23(17-7-3-4-8-17)21(25)16-13-11-15(12-14-16)20-22-18-9-5-6-10-19(18)24(20)2/h5-6,9-14,17H,3-4,7-8H2,1-2H3. The molecule has 0 radical (unpaired) electrons. The number of carbonyl (C=O) groups excluding carboxylic acids is 1. The number of rotatable bonds is 3. The first-order valence-electron chi connectivity index (χ1n) is 8.94. The highest BCUT2D eigenvalue weighted by Gasteiger charge is 2.24. The number of hydrogen-bond acceptors (Lipinski definition) is 2. The third kappa shape index (κ3) is 2.82. The summed E-state index contributed by atoms with van der Waals surface area (Å²) in [6, 6.07) is 16.3. The van der Waals surface area contributed by atoms with Crippen molar-refractivity contribution in [2.75, 3.05) is 7.05 Å². The van der Waals surface area contributed by atoms with Crippen LogP contribution in [0.3, 0.4) is 0 Å². The zero-order valence-corrected chi connectivity index (χ0v) is 14.8. The average Bonchev–Trinajstić information content (AvgIpc) is 3.30. The minimum atomic E-state index is 0.114. The smallest absolute Gasteiger partial charge is 0.253 e. The van der Waals surface area contributed by atoms with Crippen LogP contribution < -0.4 is 0 Å². The molecule has 3 aromatic rings. The lowest BCUT2D eigenvalue weighted by molar-refractivity contribution is 0.0735. The van der Waals surface area contributed by atoms with Crippen LogP contribution in [0, 0.1) is 0 Å². The van der Waals surface area contributed by atoms with Crippen LogP contribution in [0.4, 0.5) is 0 Å². The summed E-state index contributed by atoms with van der Waals surface area (Å²) in [5.74, 6) is 1.03. The molecule has 0 aliphatic heterocycles. The number of amides is 1. The van der Waals surface area contributed by atoms with Gasteiger partial charge in [0.1, 0.15) is 5.82 Å². The van der Waals surface area contributed by atoms with Crippen molar-refractivity contribution in [2.24, 2.45) is 7.05 Å². The predicted molar refractivity (Wildman–Crippen MR) is 100 cm³/mol. The molecule has 2 aromatic carbocycles. The first-order chi connectivity index (χ1) is 12.1. The van der Waals surface area contributed by atoms with Crippen LogP contribution in [0.15, 0.2) is 48.5 Å². The van der Waals surface area contributed by atoms with Gasteiger partial charge in [-0.2, -0.15) is 0 Å². The fourth-order valence-corrected chi connectivity index (χ4v) is 3.83. The summed E-state index contributed by atoms with van der Waals surface area (Å²) in [6.45, 7) is 0. The van der Waals surface area contributed by atoms with Gasteiger partial charge in [0.05, 0.1) is 11.0 Å². The van der Waals surface area contributed by atoms with Crippen LogP contribution in [-0.4, -0.2) is 33.4 Å². The van der Waals surface area contributed by atoms with E-state index < -0.39 is 0 Å². The van der Waals surface area contributed by atoms with Crippen LogP contribution in [0.2, 0.25) is 0 Å². The number of hydrogen-bond donors (Lipinski definition) is 0. The fraction of sp³-hybridized carbons (Fsp3) is 0.333. The van der Waals surface area contributed by atoms with E-state index in [-0.39, 0.29) is 5.91 Å². The van der Waals surface area contributed by atoms with Crippen LogP contribution in [0.25, 0.3) is 22.4 Å². The number of aryl methyl sites for hydroxylation is 1. The molecule has 0 spiro atoms. The number of benzene rings is 2. The van der Waals surface area contributed by atoms with Crippen LogP contribution in [0.5, 0.6) is 0 Å². The molecular formula is C21H23N3O. The molecule has 0 N–H and O–H groups in total. The van der Waals surface area contributed by atoms with E-state index in [0.29, 0.717) is 6.04 Å². The molecule has 1 aliphatic carbocycles. The molecule has 1 aromatic heterocycles. The second kappa shape index (κ2) is 6.36. The Kier molecular flexibility index (Phi) is 4.04. The van der Waals surface area contributed by atoms with Crippen LogP contribution >= 0.6 is 0 Å². The van der Waals surface area contributed by atoms with Gasteiger partial charge in [0, 0.05) is 31.3 Å². The van der Waals surface area contributed by atoms with Gasteiger partial charge in [-0.25, -0.2) is 4.98 Å². The van der Waals surface area contributed by atoms with E-state index in [1.807, 2.05) is 61.5 Å². The lowest BCUT2D eigenvalue weighted by atomic mass is 10.1. The van der Waals surface area contributed by atoms with Gasteiger partial charge in [-0.15, -0.1) is 0 Å². The van der Waals surface area contributed by atoms with Crippen molar-refractivity contribution in [1.29, 1.82) is 0 Å². The fourth-order valence-electron chi connectivity index (χ4n) is 3.83. The molecule has 0 saturated heterocycles. The summed E-state index contributed by atoms with van der Waals surface area (Å²) in [5.41, 5.74) is 3.87. The van der Waals surface area contributed by atoms with Crippen molar-refractivity contribution >= 4 is 16.9 Å². The Bertz CT molecular complexity index is 905. The molecule has 4 heteroatoms. The lowest BCUT2D eigenvalue weighted by Crippen LogP contribution is -2.35. The molecular weight excluding hydrogens is 310 g/mol. The molecule has 1 amide bonds. The number of carbonyl (C=O) groups is 1. The molecule has 1 aliphatic rings. The summed E-state index contributed by atoms with van der Waals surface area (Å²) < 4.78 is 2.09. The second-order valence-electron chi connectivity index (χ2n) is 6.91. The maximum atomic E-state index is 12.7. The molecule has 25 heavy (non-hydrogen) atoms. The van der Waals surface area contributed by atoms with Gasteiger partial charge in [0.2, 0.25) is 0 Å². The number of nitrogens with zero attached hydrogens (tertiary/aromatic N) is 3. The van der Waals surface area contributed by atoms with E-state index in [1.54, 1.807) is 0 Å². The summed E-state index contributed by atoms with van der Waals surface area (Å²) >= 11 is 0. The monoisotopic (exact) mass is 333 g/mol. The summed E-state index contributed by atoms with van der Waals surface area (Å²) in [5, 5.41) is 0. The molecule has 0 unspecified atom stereocenters. The molecule has 4 nitrogen and oxygen atoms in total. The highest BCUT2D eigenvalue weighted by Crippen LogP contribution is 2.26. The molecule has 4 rings (SSSR count). The van der Waals surface area contributed by atoms with Crippen LogP contribution in [-0.2, 0) is 7.05 Å². The zero-order valence-electron chi connectivity index (χ0n) is 14.8. The van der Waals surface area contributed by atoms with Gasteiger partial charge >= 0.3 is 0 Å². The minimum Gasteiger partial charge on any atom is -0.339 e. The zero-order chi connectivity index (χ0) is 17.4. The van der Waals surface area contributed by atoms with Crippen molar-refractivity contribution in [1.82, 2.24) is 14.5 Å². The predicted octanol–water partition coefficient (Wildman–Crippen LogP) is 4.25. The average molecular weight is 333 g/mol.